The van der Waals surface area contributed by atoms with Crippen molar-refractivity contribution in [3.05, 3.63) is 71.4 Å². The van der Waals surface area contributed by atoms with E-state index < -0.39 is 0 Å². The zero-order valence-electron chi connectivity index (χ0n) is 18.5. The second-order valence-electron chi connectivity index (χ2n) is 7.68. The predicted octanol–water partition coefficient (Wildman–Crippen LogP) is 9.19. The van der Waals surface area contributed by atoms with Crippen molar-refractivity contribution >= 4 is 0 Å². The van der Waals surface area contributed by atoms with E-state index in [0.717, 1.165) is 0 Å². The first-order chi connectivity index (χ1) is 13.3. The Morgan fingerprint density at radius 3 is 1.00 bits per heavy atom. The molecule has 0 atom stereocenters. The topological polar surface area (TPSA) is 0 Å². The summed E-state index contributed by atoms with van der Waals surface area (Å²) in [5.41, 5.74) is 4.82. The SMILES string of the molecule is CCCCC1=CC=CC1.CCCCC1=CC=CC1.CCCCC1=CC=CC1.[Er]. The zero-order valence-corrected chi connectivity index (χ0v) is 20.3. The third kappa shape index (κ3) is 14.7. The van der Waals surface area contributed by atoms with Crippen LogP contribution in [0.1, 0.15) is 97.8 Å². The van der Waals surface area contributed by atoms with Crippen molar-refractivity contribution in [1.29, 1.82) is 0 Å². The molecule has 0 saturated carbocycles. The summed E-state index contributed by atoms with van der Waals surface area (Å²) in [6, 6.07) is 0. The van der Waals surface area contributed by atoms with Gasteiger partial charge in [0, 0.05) is 37.3 Å². The number of rotatable bonds is 9. The summed E-state index contributed by atoms with van der Waals surface area (Å²) in [5.74, 6) is 0. The normalized spacial score (nSPS) is 15.8. The molecule has 0 fully saturated rings. The van der Waals surface area contributed by atoms with Crippen LogP contribution in [0.5, 0.6) is 0 Å². The van der Waals surface area contributed by atoms with Gasteiger partial charge in [0.15, 0.2) is 0 Å². The van der Waals surface area contributed by atoms with E-state index in [4.69, 9.17) is 0 Å². The molecule has 0 bridgehead atoms. The van der Waals surface area contributed by atoms with Crippen LogP contribution in [-0.2, 0) is 0 Å². The van der Waals surface area contributed by atoms with Crippen molar-refractivity contribution in [3.63, 3.8) is 0 Å². The van der Waals surface area contributed by atoms with Gasteiger partial charge in [-0.15, -0.1) is 0 Å². The molecule has 28 heavy (non-hydrogen) atoms. The Kier molecular flexibility index (Phi) is 19.8. The van der Waals surface area contributed by atoms with E-state index in [1.54, 1.807) is 16.7 Å². The summed E-state index contributed by atoms with van der Waals surface area (Å²) in [6.07, 6.45) is 35.5. The molecule has 0 unspecified atom stereocenters. The predicted molar refractivity (Wildman–Crippen MR) is 124 cm³/mol. The Labute approximate surface area is 205 Å². The van der Waals surface area contributed by atoms with Crippen molar-refractivity contribution < 1.29 is 37.3 Å². The van der Waals surface area contributed by atoms with Gasteiger partial charge in [0.05, 0.1) is 0 Å². The first kappa shape index (κ1) is 27.7. The van der Waals surface area contributed by atoms with Crippen molar-refractivity contribution in [2.75, 3.05) is 0 Å². The minimum absolute atomic E-state index is 0. The molecule has 3 aliphatic rings. The van der Waals surface area contributed by atoms with E-state index >= 15 is 0 Å². The molecule has 0 aliphatic heterocycles. The third-order valence-corrected chi connectivity index (χ3v) is 5.10. The maximum absolute atomic E-state index is 2.25. The summed E-state index contributed by atoms with van der Waals surface area (Å²) < 4.78 is 0. The standard InChI is InChI=1S/3C9H14.Er/c3*1-2-3-6-9-7-4-5-8-9;/h3*4-5,7H,2-3,6,8H2,1H3;. The van der Waals surface area contributed by atoms with Gasteiger partial charge >= 0.3 is 0 Å². The molecule has 0 saturated heterocycles. The smallest absolute Gasteiger partial charge is 0 e. The van der Waals surface area contributed by atoms with Gasteiger partial charge in [-0.2, -0.15) is 0 Å². The Hall–Kier alpha value is -0.313. The van der Waals surface area contributed by atoms with Gasteiger partial charge in [-0.05, 0) is 57.8 Å². The second kappa shape index (κ2) is 20.0. The van der Waals surface area contributed by atoms with E-state index in [-0.39, 0.29) is 37.3 Å². The van der Waals surface area contributed by atoms with E-state index in [1.165, 1.54) is 77.0 Å². The summed E-state index contributed by atoms with van der Waals surface area (Å²) >= 11 is 0. The van der Waals surface area contributed by atoms with Crippen LogP contribution in [0.4, 0.5) is 0 Å². The molecule has 3 aliphatic carbocycles. The number of allylic oxidation sites excluding steroid dienone is 12. The molecule has 0 aromatic carbocycles. The van der Waals surface area contributed by atoms with Gasteiger partial charge in [-0.25, -0.2) is 0 Å². The van der Waals surface area contributed by atoms with Crippen molar-refractivity contribution in [2.24, 2.45) is 0 Å². The first-order valence-corrected chi connectivity index (χ1v) is 11.3. The molecule has 3 rings (SSSR count). The quantitative estimate of drug-likeness (QED) is 0.277. The minimum atomic E-state index is 0. The van der Waals surface area contributed by atoms with E-state index in [9.17, 15) is 0 Å². The van der Waals surface area contributed by atoms with Crippen LogP contribution in [0.2, 0.25) is 0 Å². The van der Waals surface area contributed by atoms with Crippen LogP contribution in [0.25, 0.3) is 0 Å². The van der Waals surface area contributed by atoms with Gasteiger partial charge in [0.1, 0.15) is 0 Å². The van der Waals surface area contributed by atoms with E-state index in [0.29, 0.717) is 0 Å². The molecular formula is C27H42Er. The molecule has 0 heterocycles. The van der Waals surface area contributed by atoms with Crippen LogP contribution in [-0.4, -0.2) is 0 Å². The molecule has 0 aromatic heterocycles. The monoisotopic (exact) mass is 532 g/mol. The van der Waals surface area contributed by atoms with E-state index in [2.05, 4.69) is 75.5 Å². The number of hydrogen-bond donors (Lipinski definition) is 0. The first-order valence-electron chi connectivity index (χ1n) is 11.3. The molecule has 0 N–H and O–H groups in total. The zero-order chi connectivity index (χ0) is 19.6. The van der Waals surface area contributed by atoms with Gasteiger partial charge in [0.2, 0.25) is 0 Å². The third-order valence-electron chi connectivity index (χ3n) is 5.10. The minimum Gasteiger partial charge on any atom is -0.0805 e. The van der Waals surface area contributed by atoms with Crippen LogP contribution < -0.4 is 0 Å². The maximum Gasteiger partial charge on any atom is 0 e. The molecule has 0 aromatic rings. The van der Waals surface area contributed by atoms with Crippen LogP contribution in [0, 0.1) is 37.3 Å². The Morgan fingerprint density at radius 2 is 0.821 bits per heavy atom. The number of hydrogen-bond acceptors (Lipinski definition) is 0. The Balaban J connectivity index is 0.000000384. The van der Waals surface area contributed by atoms with Gasteiger partial charge < -0.3 is 0 Å². The van der Waals surface area contributed by atoms with Gasteiger partial charge in [0.25, 0.3) is 0 Å². The second-order valence-corrected chi connectivity index (χ2v) is 7.68. The average Bonchev–Trinajstić information content (AvgIpc) is 3.47. The Bertz CT molecular complexity index is 474. The summed E-state index contributed by atoms with van der Waals surface area (Å²) in [5, 5.41) is 0. The molecule has 1 heteroatoms. The Morgan fingerprint density at radius 1 is 0.536 bits per heavy atom. The molecule has 0 radical (unpaired) electrons. The van der Waals surface area contributed by atoms with Crippen LogP contribution >= 0.6 is 0 Å². The molecule has 0 amide bonds. The fraction of sp³-hybridized carbons (Fsp3) is 0.556. The molecule has 162 valence electrons. The van der Waals surface area contributed by atoms with Crippen LogP contribution in [0.3, 0.4) is 0 Å². The maximum atomic E-state index is 2.25. The molecular weight excluding hydrogens is 492 g/mol. The van der Waals surface area contributed by atoms with Crippen molar-refractivity contribution in [1.82, 2.24) is 0 Å². The fourth-order valence-corrected chi connectivity index (χ4v) is 3.24. The average molecular weight is 534 g/mol. The largest absolute Gasteiger partial charge is 0.0805 e. The summed E-state index contributed by atoms with van der Waals surface area (Å²) in [4.78, 5) is 0. The molecule has 0 spiro atoms. The number of unbranched alkanes of at least 4 members (excludes halogenated alkanes) is 3. The van der Waals surface area contributed by atoms with Crippen molar-refractivity contribution in [3.8, 4) is 0 Å². The fourth-order valence-electron chi connectivity index (χ4n) is 3.24. The summed E-state index contributed by atoms with van der Waals surface area (Å²) in [6.45, 7) is 6.72. The van der Waals surface area contributed by atoms with Crippen LogP contribution in [0.15, 0.2) is 71.4 Å². The van der Waals surface area contributed by atoms with E-state index in [1.807, 2.05) is 0 Å². The summed E-state index contributed by atoms with van der Waals surface area (Å²) in [7, 11) is 0. The van der Waals surface area contributed by atoms with Gasteiger partial charge in [-0.3, -0.25) is 0 Å². The van der Waals surface area contributed by atoms with Crippen molar-refractivity contribution in [2.45, 2.75) is 97.8 Å². The van der Waals surface area contributed by atoms with Gasteiger partial charge in [-0.1, -0.05) is 111 Å². The molecule has 0 nitrogen and oxygen atoms in total.